The average molecular weight is 390 g/mol. The van der Waals surface area contributed by atoms with Crippen LogP contribution in [0.15, 0.2) is 48.7 Å². The minimum absolute atomic E-state index is 0.466. The fourth-order valence-corrected chi connectivity index (χ4v) is 3.51. The Kier molecular flexibility index (Phi) is 5.57. The minimum Gasteiger partial charge on any atom is -0.369 e. The Morgan fingerprint density at radius 1 is 0.862 bits per heavy atom. The molecule has 1 aliphatic rings. The number of likely N-dealkylation sites (N-methyl/N-ethyl adjacent to an activating group) is 1. The third-order valence-corrected chi connectivity index (χ3v) is 5.28. The molecular weight excluding hydrogens is 362 g/mol. The van der Waals surface area contributed by atoms with Crippen molar-refractivity contribution in [2.24, 2.45) is 0 Å². The summed E-state index contributed by atoms with van der Waals surface area (Å²) in [7, 11) is 2.17. The van der Waals surface area contributed by atoms with Gasteiger partial charge in [0.2, 0.25) is 5.95 Å². The number of aryl methyl sites for hydroxylation is 2. The SMILES string of the molecule is Cc1cccc(C)c1Nc1cnnc(Nc2ccc(N3CCN(C)CC3)cc2)n1. The van der Waals surface area contributed by atoms with Crippen LogP contribution >= 0.6 is 0 Å². The van der Waals surface area contributed by atoms with Crippen molar-refractivity contribution in [3.05, 3.63) is 59.8 Å². The van der Waals surface area contributed by atoms with E-state index in [0.717, 1.165) is 48.7 Å². The summed E-state index contributed by atoms with van der Waals surface area (Å²) < 4.78 is 0. The normalized spacial score (nSPS) is 14.7. The zero-order valence-electron chi connectivity index (χ0n) is 17.2. The van der Waals surface area contributed by atoms with Gasteiger partial charge >= 0.3 is 0 Å². The number of piperazine rings is 1. The highest BCUT2D eigenvalue weighted by molar-refractivity contribution is 5.65. The molecule has 0 bridgehead atoms. The van der Waals surface area contributed by atoms with Gasteiger partial charge in [-0.1, -0.05) is 18.2 Å². The van der Waals surface area contributed by atoms with E-state index in [1.54, 1.807) is 6.20 Å². The Balaban J connectivity index is 1.44. The molecule has 2 N–H and O–H groups in total. The summed E-state index contributed by atoms with van der Waals surface area (Å²) in [5, 5.41) is 14.8. The van der Waals surface area contributed by atoms with E-state index >= 15 is 0 Å². The first-order chi connectivity index (χ1) is 14.1. The fourth-order valence-electron chi connectivity index (χ4n) is 3.51. The topological polar surface area (TPSA) is 69.2 Å². The summed E-state index contributed by atoms with van der Waals surface area (Å²) in [6, 6.07) is 14.6. The van der Waals surface area contributed by atoms with Crippen LogP contribution in [-0.2, 0) is 0 Å². The third kappa shape index (κ3) is 4.63. The van der Waals surface area contributed by atoms with E-state index in [9.17, 15) is 0 Å². The zero-order chi connectivity index (χ0) is 20.2. The van der Waals surface area contributed by atoms with Crippen LogP contribution in [0.4, 0.5) is 28.8 Å². The molecular formula is C22H27N7. The van der Waals surface area contributed by atoms with Gasteiger partial charge in [-0.15, -0.1) is 5.10 Å². The third-order valence-electron chi connectivity index (χ3n) is 5.28. The molecule has 2 heterocycles. The highest BCUT2D eigenvalue weighted by Crippen LogP contribution is 2.24. The summed E-state index contributed by atoms with van der Waals surface area (Å²) in [5.41, 5.74) is 5.56. The van der Waals surface area contributed by atoms with E-state index in [0.29, 0.717) is 11.8 Å². The maximum atomic E-state index is 4.55. The fraction of sp³-hybridized carbons (Fsp3) is 0.318. The Bertz CT molecular complexity index is 943. The molecule has 0 aliphatic carbocycles. The lowest BCUT2D eigenvalue weighted by atomic mass is 10.1. The highest BCUT2D eigenvalue weighted by atomic mass is 15.3. The van der Waals surface area contributed by atoms with Crippen molar-refractivity contribution in [2.75, 3.05) is 48.8 Å². The van der Waals surface area contributed by atoms with Crippen LogP contribution in [0.2, 0.25) is 0 Å². The lowest BCUT2D eigenvalue weighted by molar-refractivity contribution is 0.313. The van der Waals surface area contributed by atoms with Crippen LogP contribution in [0.3, 0.4) is 0 Å². The molecule has 1 fully saturated rings. The number of para-hydroxylation sites is 1. The number of hydrogen-bond donors (Lipinski definition) is 2. The molecule has 0 saturated carbocycles. The van der Waals surface area contributed by atoms with Gasteiger partial charge in [0.05, 0.1) is 6.20 Å². The standard InChI is InChI=1S/C22H27N7/c1-16-5-4-6-17(2)21(16)25-20-15-23-27-22(26-20)24-18-7-9-19(10-8-18)29-13-11-28(3)12-14-29/h4-10,15H,11-14H2,1-3H3,(H2,24,25,26,27). The number of aromatic nitrogens is 3. The van der Waals surface area contributed by atoms with E-state index in [2.05, 4.69) is 92.9 Å². The second kappa shape index (κ2) is 8.45. The summed E-state index contributed by atoms with van der Waals surface area (Å²) in [4.78, 5) is 9.33. The molecule has 29 heavy (non-hydrogen) atoms. The lowest BCUT2D eigenvalue weighted by Crippen LogP contribution is -2.44. The Labute approximate surface area is 171 Å². The molecule has 0 radical (unpaired) electrons. The van der Waals surface area contributed by atoms with E-state index in [-0.39, 0.29) is 0 Å². The molecule has 2 aromatic carbocycles. The molecule has 0 amide bonds. The predicted molar refractivity (Wildman–Crippen MR) is 118 cm³/mol. The number of benzene rings is 2. The van der Waals surface area contributed by atoms with Crippen LogP contribution < -0.4 is 15.5 Å². The molecule has 1 aromatic heterocycles. The van der Waals surface area contributed by atoms with E-state index in [4.69, 9.17) is 0 Å². The first-order valence-corrected chi connectivity index (χ1v) is 9.92. The molecule has 4 rings (SSSR count). The quantitative estimate of drug-likeness (QED) is 0.689. The molecule has 1 aliphatic heterocycles. The zero-order valence-corrected chi connectivity index (χ0v) is 17.2. The van der Waals surface area contributed by atoms with Gasteiger partial charge in [-0.05, 0) is 56.3 Å². The van der Waals surface area contributed by atoms with Crippen molar-refractivity contribution in [2.45, 2.75) is 13.8 Å². The summed E-state index contributed by atoms with van der Waals surface area (Å²) in [5.74, 6) is 1.13. The number of hydrogen-bond acceptors (Lipinski definition) is 7. The van der Waals surface area contributed by atoms with Crippen LogP contribution in [0.25, 0.3) is 0 Å². The monoisotopic (exact) mass is 389 g/mol. The van der Waals surface area contributed by atoms with Crippen molar-refractivity contribution >= 4 is 28.8 Å². The highest BCUT2D eigenvalue weighted by Gasteiger charge is 2.14. The van der Waals surface area contributed by atoms with Gasteiger partial charge < -0.3 is 20.4 Å². The molecule has 0 spiro atoms. The van der Waals surface area contributed by atoms with Crippen molar-refractivity contribution in [3.63, 3.8) is 0 Å². The Morgan fingerprint density at radius 3 is 2.24 bits per heavy atom. The number of nitrogens with zero attached hydrogens (tertiary/aromatic N) is 5. The summed E-state index contributed by atoms with van der Waals surface area (Å²) in [6.45, 7) is 8.46. The van der Waals surface area contributed by atoms with Gasteiger partial charge in [0, 0.05) is 43.2 Å². The predicted octanol–water partition coefficient (Wildman–Crippen LogP) is 3.73. The van der Waals surface area contributed by atoms with Gasteiger partial charge in [0.25, 0.3) is 0 Å². The molecule has 7 heteroatoms. The van der Waals surface area contributed by atoms with Crippen molar-refractivity contribution < 1.29 is 0 Å². The smallest absolute Gasteiger partial charge is 0.249 e. The molecule has 150 valence electrons. The number of anilines is 5. The first-order valence-electron chi connectivity index (χ1n) is 9.92. The number of nitrogens with one attached hydrogen (secondary N) is 2. The van der Waals surface area contributed by atoms with Crippen molar-refractivity contribution in [1.29, 1.82) is 0 Å². The molecule has 0 atom stereocenters. The van der Waals surface area contributed by atoms with Gasteiger partial charge in [0.15, 0.2) is 5.82 Å². The minimum atomic E-state index is 0.466. The average Bonchev–Trinajstić information content (AvgIpc) is 2.72. The lowest BCUT2D eigenvalue weighted by Gasteiger charge is -2.34. The second-order valence-corrected chi connectivity index (χ2v) is 7.52. The molecule has 1 saturated heterocycles. The van der Waals surface area contributed by atoms with Crippen LogP contribution in [-0.4, -0.2) is 53.3 Å². The van der Waals surface area contributed by atoms with E-state index < -0.39 is 0 Å². The Morgan fingerprint density at radius 2 is 1.55 bits per heavy atom. The van der Waals surface area contributed by atoms with Gasteiger partial charge in [0.1, 0.15) is 0 Å². The van der Waals surface area contributed by atoms with Gasteiger partial charge in [-0.3, -0.25) is 0 Å². The first kappa shape index (κ1) is 19.1. The molecule has 3 aromatic rings. The maximum Gasteiger partial charge on any atom is 0.249 e. The van der Waals surface area contributed by atoms with E-state index in [1.165, 1.54) is 5.69 Å². The Hall–Kier alpha value is -3.19. The molecule has 0 unspecified atom stereocenters. The van der Waals surface area contributed by atoms with Crippen molar-refractivity contribution in [3.8, 4) is 0 Å². The largest absolute Gasteiger partial charge is 0.369 e. The van der Waals surface area contributed by atoms with Crippen LogP contribution in [0.5, 0.6) is 0 Å². The summed E-state index contributed by atoms with van der Waals surface area (Å²) >= 11 is 0. The molecule has 7 nitrogen and oxygen atoms in total. The van der Waals surface area contributed by atoms with Crippen LogP contribution in [0, 0.1) is 13.8 Å². The summed E-state index contributed by atoms with van der Waals surface area (Å²) in [6.07, 6.45) is 1.63. The maximum absolute atomic E-state index is 4.55. The van der Waals surface area contributed by atoms with Gasteiger partial charge in [-0.25, -0.2) is 0 Å². The van der Waals surface area contributed by atoms with Crippen LogP contribution in [0.1, 0.15) is 11.1 Å². The number of rotatable bonds is 5. The van der Waals surface area contributed by atoms with Crippen molar-refractivity contribution in [1.82, 2.24) is 20.1 Å². The second-order valence-electron chi connectivity index (χ2n) is 7.52. The van der Waals surface area contributed by atoms with E-state index in [1.807, 2.05) is 6.07 Å². The van der Waals surface area contributed by atoms with Gasteiger partial charge in [-0.2, -0.15) is 10.1 Å².